The van der Waals surface area contributed by atoms with E-state index in [1.165, 1.54) is 6.07 Å². The maximum atomic E-state index is 12.9. The van der Waals surface area contributed by atoms with Crippen LogP contribution in [0.15, 0.2) is 42.7 Å². The molecular weight excluding hydrogens is 380 g/mol. The molecule has 0 amide bonds. The van der Waals surface area contributed by atoms with Crippen molar-refractivity contribution >= 4 is 5.97 Å². The fourth-order valence-corrected chi connectivity index (χ4v) is 3.18. The predicted molar refractivity (Wildman–Crippen MR) is 103 cm³/mol. The van der Waals surface area contributed by atoms with Crippen molar-refractivity contribution in [2.75, 3.05) is 6.61 Å². The number of benzene rings is 1. The first-order valence-corrected chi connectivity index (χ1v) is 9.21. The third kappa shape index (κ3) is 4.26. The van der Waals surface area contributed by atoms with Gasteiger partial charge in [0, 0.05) is 23.5 Å². The number of carbonyl (C=O) groups is 1. The summed E-state index contributed by atoms with van der Waals surface area (Å²) in [5, 5.41) is 4.49. The monoisotopic (exact) mass is 401 g/mol. The molecule has 1 aromatic carbocycles. The van der Waals surface area contributed by atoms with Crippen LogP contribution in [0.1, 0.15) is 35.6 Å². The zero-order chi connectivity index (χ0) is 21.0. The van der Waals surface area contributed by atoms with Gasteiger partial charge in [-0.25, -0.2) is 9.48 Å². The van der Waals surface area contributed by atoms with Crippen LogP contribution < -0.4 is 4.74 Å². The van der Waals surface area contributed by atoms with Gasteiger partial charge in [0.2, 0.25) is 0 Å². The SMILES string of the molecule is CCOC(=O)c1c(C)nn(-c2ccc(OC(F)F)c(-c3cccnc3)c2)c1CC. The first-order chi connectivity index (χ1) is 14.0. The molecule has 152 valence electrons. The molecule has 0 atom stereocenters. The van der Waals surface area contributed by atoms with Gasteiger partial charge in [0.25, 0.3) is 0 Å². The molecule has 0 radical (unpaired) electrons. The topological polar surface area (TPSA) is 66.2 Å². The van der Waals surface area contributed by atoms with Crippen LogP contribution >= 0.6 is 0 Å². The number of nitrogens with zero attached hydrogens (tertiary/aromatic N) is 3. The van der Waals surface area contributed by atoms with E-state index in [2.05, 4.69) is 14.8 Å². The lowest BCUT2D eigenvalue weighted by Crippen LogP contribution is -2.10. The number of aryl methyl sites for hydroxylation is 1. The lowest BCUT2D eigenvalue weighted by atomic mass is 10.1. The third-order valence-electron chi connectivity index (χ3n) is 4.37. The van der Waals surface area contributed by atoms with E-state index >= 15 is 0 Å². The number of esters is 1. The number of carbonyl (C=O) groups excluding carboxylic acids is 1. The molecule has 0 saturated carbocycles. The van der Waals surface area contributed by atoms with E-state index in [0.717, 1.165) is 0 Å². The molecule has 29 heavy (non-hydrogen) atoms. The smallest absolute Gasteiger partial charge is 0.387 e. The van der Waals surface area contributed by atoms with Gasteiger partial charge >= 0.3 is 12.6 Å². The van der Waals surface area contributed by atoms with Gasteiger partial charge in [-0.3, -0.25) is 4.98 Å². The molecule has 0 spiro atoms. The Kier molecular flexibility index (Phi) is 6.21. The summed E-state index contributed by atoms with van der Waals surface area (Å²) in [4.78, 5) is 16.4. The minimum absolute atomic E-state index is 0.0318. The van der Waals surface area contributed by atoms with E-state index in [9.17, 15) is 13.6 Å². The van der Waals surface area contributed by atoms with Gasteiger partial charge in [-0.2, -0.15) is 13.9 Å². The second-order valence-electron chi connectivity index (χ2n) is 6.19. The summed E-state index contributed by atoms with van der Waals surface area (Å²) < 4.78 is 37.2. The average Bonchev–Trinajstić information content (AvgIpc) is 3.05. The van der Waals surface area contributed by atoms with Crippen molar-refractivity contribution in [3.63, 3.8) is 0 Å². The largest absolute Gasteiger partial charge is 0.462 e. The van der Waals surface area contributed by atoms with Gasteiger partial charge in [0.1, 0.15) is 11.3 Å². The molecule has 6 nitrogen and oxygen atoms in total. The van der Waals surface area contributed by atoms with E-state index < -0.39 is 12.6 Å². The fourth-order valence-electron chi connectivity index (χ4n) is 3.18. The summed E-state index contributed by atoms with van der Waals surface area (Å²) in [6.45, 7) is 2.69. The molecule has 2 aromatic heterocycles. The first-order valence-electron chi connectivity index (χ1n) is 9.21. The average molecular weight is 401 g/mol. The number of rotatable bonds is 7. The lowest BCUT2D eigenvalue weighted by Gasteiger charge is -2.14. The molecule has 0 aliphatic carbocycles. The van der Waals surface area contributed by atoms with Crippen molar-refractivity contribution in [2.24, 2.45) is 0 Å². The number of pyridine rings is 1. The van der Waals surface area contributed by atoms with Crippen LogP contribution in [0.5, 0.6) is 5.75 Å². The number of alkyl halides is 2. The summed E-state index contributed by atoms with van der Waals surface area (Å²) in [7, 11) is 0. The van der Waals surface area contributed by atoms with Gasteiger partial charge in [-0.15, -0.1) is 0 Å². The Morgan fingerprint density at radius 1 is 1.24 bits per heavy atom. The Labute approximate surface area is 167 Å². The molecule has 8 heteroatoms. The second-order valence-corrected chi connectivity index (χ2v) is 6.19. The van der Waals surface area contributed by atoms with Gasteiger partial charge in [-0.05, 0) is 44.5 Å². The van der Waals surface area contributed by atoms with Crippen LogP contribution in [0.3, 0.4) is 0 Å². The molecule has 0 aliphatic heterocycles. The number of hydrogen-bond donors (Lipinski definition) is 0. The molecular formula is C21H21F2N3O3. The van der Waals surface area contributed by atoms with Crippen LogP contribution in [-0.4, -0.2) is 34.0 Å². The number of hydrogen-bond acceptors (Lipinski definition) is 5. The van der Waals surface area contributed by atoms with E-state index in [1.54, 1.807) is 55.2 Å². The number of aromatic nitrogens is 3. The summed E-state index contributed by atoms with van der Waals surface area (Å²) in [6, 6.07) is 8.24. The molecule has 0 saturated heterocycles. The van der Waals surface area contributed by atoms with Crippen LogP contribution in [-0.2, 0) is 11.2 Å². The molecule has 0 bridgehead atoms. The van der Waals surface area contributed by atoms with Gasteiger partial charge in [0.15, 0.2) is 0 Å². The minimum Gasteiger partial charge on any atom is -0.462 e. The third-order valence-corrected chi connectivity index (χ3v) is 4.37. The standard InChI is InChI=1S/C21H21F2N3O3/c1-4-17-19(20(27)28-5-2)13(3)25-26(17)15-8-9-18(29-21(22)23)16(11-15)14-7-6-10-24-12-14/h6-12,21H,4-5H2,1-3H3. The predicted octanol–water partition coefficient (Wildman–Crippen LogP) is 4.58. The lowest BCUT2D eigenvalue weighted by molar-refractivity contribution is -0.0494. The zero-order valence-electron chi connectivity index (χ0n) is 16.4. The summed E-state index contributed by atoms with van der Waals surface area (Å²) >= 11 is 0. The van der Waals surface area contributed by atoms with E-state index in [-0.39, 0.29) is 12.4 Å². The van der Waals surface area contributed by atoms with Gasteiger partial charge < -0.3 is 9.47 Å². The molecule has 3 rings (SSSR count). The summed E-state index contributed by atoms with van der Waals surface area (Å²) in [5.41, 5.74) is 3.32. The van der Waals surface area contributed by atoms with E-state index in [4.69, 9.17) is 4.74 Å². The Balaban J connectivity index is 2.15. The van der Waals surface area contributed by atoms with Crippen molar-refractivity contribution in [1.82, 2.24) is 14.8 Å². The number of ether oxygens (including phenoxy) is 2. The van der Waals surface area contributed by atoms with Crippen LogP contribution in [0.25, 0.3) is 16.8 Å². The van der Waals surface area contributed by atoms with Crippen LogP contribution in [0.2, 0.25) is 0 Å². The van der Waals surface area contributed by atoms with Crippen molar-refractivity contribution < 1.29 is 23.0 Å². The van der Waals surface area contributed by atoms with E-state index in [1.807, 2.05) is 6.92 Å². The Hall–Kier alpha value is -3.29. The summed E-state index contributed by atoms with van der Waals surface area (Å²) in [6.07, 6.45) is 3.70. The van der Waals surface area contributed by atoms with Crippen molar-refractivity contribution in [1.29, 1.82) is 0 Å². The van der Waals surface area contributed by atoms with Crippen molar-refractivity contribution in [3.05, 3.63) is 59.7 Å². The molecule has 0 aliphatic rings. The zero-order valence-corrected chi connectivity index (χ0v) is 16.4. The highest BCUT2D eigenvalue weighted by Gasteiger charge is 2.23. The van der Waals surface area contributed by atoms with Crippen LogP contribution in [0, 0.1) is 6.92 Å². The highest BCUT2D eigenvalue weighted by Crippen LogP contribution is 2.33. The molecule has 0 fully saturated rings. The maximum Gasteiger partial charge on any atom is 0.387 e. The quantitative estimate of drug-likeness (QED) is 0.542. The Bertz CT molecular complexity index is 1000. The number of halogens is 2. The van der Waals surface area contributed by atoms with E-state index in [0.29, 0.717) is 40.2 Å². The van der Waals surface area contributed by atoms with Crippen LogP contribution in [0.4, 0.5) is 8.78 Å². The summed E-state index contributed by atoms with van der Waals surface area (Å²) in [5.74, 6) is -0.400. The van der Waals surface area contributed by atoms with Crippen molar-refractivity contribution in [3.8, 4) is 22.6 Å². The highest BCUT2D eigenvalue weighted by atomic mass is 19.3. The Morgan fingerprint density at radius 2 is 2.03 bits per heavy atom. The fraction of sp³-hybridized carbons (Fsp3) is 0.286. The molecule has 0 N–H and O–H groups in total. The van der Waals surface area contributed by atoms with Gasteiger partial charge in [-0.1, -0.05) is 13.0 Å². The molecule has 2 heterocycles. The second kappa shape index (κ2) is 8.81. The van der Waals surface area contributed by atoms with Crippen molar-refractivity contribution in [2.45, 2.75) is 33.8 Å². The highest BCUT2D eigenvalue weighted by molar-refractivity contribution is 5.92. The minimum atomic E-state index is -2.95. The molecule has 0 unspecified atom stereocenters. The Morgan fingerprint density at radius 3 is 2.66 bits per heavy atom. The maximum absolute atomic E-state index is 12.9. The first kappa shape index (κ1) is 20.4. The van der Waals surface area contributed by atoms with Gasteiger partial charge in [0.05, 0.1) is 23.7 Å². The molecule has 3 aromatic rings. The normalized spacial score (nSPS) is 11.0.